The van der Waals surface area contributed by atoms with Gasteiger partial charge in [-0.05, 0) is 80.1 Å². The third kappa shape index (κ3) is 5.92. The Morgan fingerprint density at radius 3 is 2.05 bits per heavy atom. The van der Waals surface area contributed by atoms with Gasteiger partial charge in [0.2, 0.25) is 0 Å². The first kappa shape index (κ1) is 24.4. The molecular formula is C29H29N3O5. The first-order chi connectivity index (χ1) is 18.1. The lowest BCUT2D eigenvalue weighted by Crippen LogP contribution is -2.40. The Balaban J connectivity index is 1.19. The van der Waals surface area contributed by atoms with E-state index in [0.29, 0.717) is 31.2 Å². The van der Waals surface area contributed by atoms with Crippen LogP contribution in [0.3, 0.4) is 0 Å². The van der Waals surface area contributed by atoms with E-state index < -0.39 is 5.97 Å². The van der Waals surface area contributed by atoms with E-state index in [1.807, 2.05) is 78.9 Å². The summed E-state index contributed by atoms with van der Waals surface area (Å²) in [4.78, 5) is 26.4. The lowest BCUT2D eigenvalue weighted by atomic mass is 9.98. The zero-order valence-electron chi connectivity index (χ0n) is 20.4. The molecule has 0 radical (unpaired) electrons. The molecule has 0 saturated carbocycles. The Hall–Kier alpha value is -4.30. The molecule has 5 rings (SSSR count). The minimum Gasteiger partial charge on any atom is -0.492 e. The second kappa shape index (κ2) is 11.2. The van der Waals surface area contributed by atoms with E-state index in [0.717, 1.165) is 36.5 Å². The molecule has 1 aromatic heterocycles. The summed E-state index contributed by atoms with van der Waals surface area (Å²) in [5.74, 6) is 1.14. The maximum Gasteiger partial charge on any atom is 0.337 e. The summed E-state index contributed by atoms with van der Waals surface area (Å²) < 4.78 is 14.9. The van der Waals surface area contributed by atoms with E-state index in [9.17, 15) is 14.7 Å². The molecule has 1 N–H and O–H groups in total. The fourth-order valence-electron chi connectivity index (χ4n) is 4.53. The van der Waals surface area contributed by atoms with E-state index >= 15 is 0 Å². The summed E-state index contributed by atoms with van der Waals surface area (Å²) in [6.45, 7) is 2.63. The summed E-state index contributed by atoms with van der Waals surface area (Å²) in [6, 6.07) is 24.3. The van der Waals surface area contributed by atoms with Crippen molar-refractivity contribution in [3.63, 3.8) is 0 Å². The van der Waals surface area contributed by atoms with Crippen molar-refractivity contribution in [2.45, 2.75) is 12.8 Å². The molecule has 190 valence electrons. The Labute approximate surface area is 214 Å². The highest BCUT2D eigenvalue weighted by Gasteiger charge is 2.25. The number of carboxylic acids is 1. The highest BCUT2D eigenvalue weighted by molar-refractivity contribution is 5.70. The molecule has 1 aliphatic heterocycles. The lowest BCUT2D eigenvalue weighted by Gasteiger charge is -2.30. The van der Waals surface area contributed by atoms with Crippen molar-refractivity contribution in [2.75, 3.05) is 26.2 Å². The average molecular weight is 500 g/mol. The first-order valence-corrected chi connectivity index (χ1v) is 12.4. The standard InChI is InChI=1S/C29H29N3O5/c33-28(34)22-5-4-16-30(21-22)19-20-36-25-12-8-23(9-13-25)31-17-18-32(29(31)35)24-10-14-27(15-11-24)37-26-6-2-1-3-7-26/h1-3,6-15,17-18,22H,4-5,16,19-21H2,(H,33,34). The lowest BCUT2D eigenvalue weighted by molar-refractivity contribution is -0.143. The van der Waals surface area contributed by atoms with Gasteiger partial charge in [0.25, 0.3) is 0 Å². The number of piperidine rings is 1. The molecule has 1 atom stereocenters. The van der Waals surface area contributed by atoms with E-state index in [2.05, 4.69) is 4.90 Å². The number of likely N-dealkylation sites (tertiary alicyclic amines) is 1. The maximum absolute atomic E-state index is 13.1. The van der Waals surface area contributed by atoms with E-state index in [-0.39, 0.29) is 11.6 Å². The third-order valence-corrected chi connectivity index (χ3v) is 6.52. The molecule has 0 aliphatic carbocycles. The molecule has 1 unspecified atom stereocenters. The molecule has 1 saturated heterocycles. The molecule has 2 heterocycles. The first-order valence-electron chi connectivity index (χ1n) is 12.4. The normalized spacial score (nSPS) is 15.8. The Morgan fingerprint density at radius 1 is 0.838 bits per heavy atom. The molecule has 8 nitrogen and oxygen atoms in total. The van der Waals surface area contributed by atoms with Gasteiger partial charge in [0.1, 0.15) is 23.9 Å². The molecule has 1 fully saturated rings. The molecule has 1 aliphatic rings. The van der Waals surface area contributed by atoms with E-state index in [4.69, 9.17) is 9.47 Å². The van der Waals surface area contributed by atoms with Gasteiger partial charge in [0.05, 0.1) is 17.3 Å². The summed E-state index contributed by atoms with van der Waals surface area (Å²) >= 11 is 0. The Bertz CT molecular complexity index is 1380. The van der Waals surface area contributed by atoms with Gasteiger partial charge < -0.3 is 14.6 Å². The molecule has 3 aromatic carbocycles. The number of hydrogen-bond donors (Lipinski definition) is 1. The third-order valence-electron chi connectivity index (χ3n) is 6.52. The quantitative estimate of drug-likeness (QED) is 0.362. The minimum absolute atomic E-state index is 0.177. The van der Waals surface area contributed by atoms with Gasteiger partial charge in [0.15, 0.2) is 0 Å². The van der Waals surface area contributed by atoms with Crippen LogP contribution >= 0.6 is 0 Å². The number of aromatic nitrogens is 2. The molecule has 0 amide bonds. The number of rotatable bonds is 9. The van der Waals surface area contributed by atoms with Gasteiger partial charge in [-0.1, -0.05) is 18.2 Å². The predicted molar refractivity (Wildman–Crippen MR) is 140 cm³/mol. The average Bonchev–Trinajstić information content (AvgIpc) is 3.31. The van der Waals surface area contributed by atoms with Gasteiger partial charge in [-0.2, -0.15) is 0 Å². The number of imidazole rings is 1. The van der Waals surface area contributed by atoms with Crippen molar-refractivity contribution in [1.29, 1.82) is 0 Å². The number of benzene rings is 3. The van der Waals surface area contributed by atoms with Crippen LogP contribution < -0.4 is 15.2 Å². The summed E-state index contributed by atoms with van der Waals surface area (Å²) in [7, 11) is 0. The molecule has 0 spiro atoms. The van der Waals surface area contributed by atoms with Crippen LogP contribution in [0.25, 0.3) is 11.4 Å². The molecule has 0 bridgehead atoms. The summed E-state index contributed by atoms with van der Waals surface area (Å²) in [6.07, 6.45) is 5.11. The van der Waals surface area contributed by atoms with E-state index in [1.165, 1.54) is 0 Å². The second-order valence-corrected chi connectivity index (χ2v) is 9.05. The Kier molecular flexibility index (Phi) is 7.37. The van der Waals surface area contributed by atoms with Crippen LogP contribution in [0, 0.1) is 5.92 Å². The van der Waals surface area contributed by atoms with Crippen LogP contribution in [0.4, 0.5) is 0 Å². The zero-order valence-corrected chi connectivity index (χ0v) is 20.4. The number of nitrogens with zero attached hydrogens (tertiary/aromatic N) is 3. The monoisotopic (exact) mass is 499 g/mol. The smallest absolute Gasteiger partial charge is 0.337 e. The molecule has 37 heavy (non-hydrogen) atoms. The Morgan fingerprint density at radius 2 is 1.43 bits per heavy atom. The minimum atomic E-state index is -0.723. The van der Waals surface area contributed by atoms with E-state index in [1.54, 1.807) is 21.5 Å². The van der Waals surface area contributed by atoms with Crippen LogP contribution in [-0.4, -0.2) is 51.4 Å². The topological polar surface area (TPSA) is 85.9 Å². The number of ether oxygens (including phenoxy) is 2. The van der Waals surface area contributed by atoms with Gasteiger partial charge in [-0.25, -0.2) is 4.79 Å². The van der Waals surface area contributed by atoms with Crippen LogP contribution in [0.1, 0.15) is 12.8 Å². The van der Waals surface area contributed by atoms with Crippen molar-refractivity contribution >= 4 is 5.97 Å². The van der Waals surface area contributed by atoms with Crippen LogP contribution in [-0.2, 0) is 4.79 Å². The van der Waals surface area contributed by atoms with Crippen molar-refractivity contribution in [3.05, 3.63) is 102 Å². The number of para-hydroxylation sites is 1. The van der Waals surface area contributed by atoms with Crippen LogP contribution in [0.5, 0.6) is 17.2 Å². The van der Waals surface area contributed by atoms with Crippen molar-refractivity contribution in [3.8, 4) is 28.6 Å². The molecule has 8 heteroatoms. The van der Waals surface area contributed by atoms with Gasteiger partial charge in [-0.3, -0.25) is 18.8 Å². The molecular weight excluding hydrogens is 470 g/mol. The van der Waals surface area contributed by atoms with Crippen molar-refractivity contribution < 1.29 is 19.4 Å². The highest BCUT2D eigenvalue weighted by atomic mass is 16.5. The fourth-order valence-corrected chi connectivity index (χ4v) is 4.53. The fraction of sp³-hybridized carbons (Fsp3) is 0.241. The van der Waals surface area contributed by atoms with Crippen LogP contribution in [0.2, 0.25) is 0 Å². The van der Waals surface area contributed by atoms with Crippen molar-refractivity contribution in [2.24, 2.45) is 5.92 Å². The van der Waals surface area contributed by atoms with Gasteiger partial charge in [-0.15, -0.1) is 0 Å². The largest absolute Gasteiger partial charge is 0.492 e. The number of hydrogen-bond acceptors (Lipinski definition) is 5. The second-order valence-electron chi connectivity index (χ2n) is 9.05. The predicted octanol–water partition coefficient (Wildman–Crippen LogP) is 4.60. The van der Waals surface area contributed by atoms with Gasteiger partial charge >= 0.3 is 11.7 Å². The number of carboxylic acid groups (broad SMARTS) is 1. The van der Waals surface area contributed by atoms with Gasteiger partial charge in [0, 0.05) is 25.5 Å². The summed E-state index contributed by atoms with van der Waals surface area (Å²) in [5.41, 5.74) is 1.30. The number of aliphatic carboxylic acids is 1. The zero-order chi connectivity index (χ0) is 25.6. The van der Waals surface area contributed by atoms with Crippen molar-refractivity contribution in [1.82, 2.24) is 14.0 Å². The SMILES string of the molecule is O=C(O)C1CCCN(CCOc2ccc(-n3ccn(-c4ccc(Oc5ccccc5)cc4)c3=O)cc2)C1. The number of carbonyl (C=O) groups is 1. The van der Waals surface area contributed by atoms with Crippen LogP contribution in [0.15, 0.2) is 96.1 Å². The summed E-state index contributed by atoms with van der Waals surface area (Å²) in [5, 5.41) is 9.24. The maximum atomic E-state index is 13.1. The highest BCUT2D eigenvalue weighted by Crippen LogP contribution is 2.22. The molecule has 4 aromatic rings.